The minimum absolute atomic E-state index is 0.201. The highest BCUT2D eigenvalue weighted by molar-refractivity contribution is 5.98. The number of rotatable bonds is 6. The van der Waals surface area contributed by atoms with Crippen molar-refractivity contribution in [3.8, 4) is 0 Å². The molecule has 3 amide bonds. The topological polar surface area (TPSA) is 94.5 Å². The Hall–Kier alpha value is -2.09. The van der Waals surface area contributed by atoms with Crippen LogP contribution in [0.2, 0.25) is 0 Å². The molecule has 0 fully saturated rings. The molecule has 21 heavy (non-hydrogen) atoms. The molecule has 1 rings (SSSR count). The Morgan fingerprint density at radius 1 is 1.43 bits per heavy atom. The van der Waals surface area contributed by atoms with Crippen molar-refractivity contribution < 1.29 is 19.1 Å². The van der Waals surface area contributed by atoms with E-state index in [0.29, 0.717) is 12.2 Å². The fraction of sp³-hybridized carbons (Fsp3) is 0.615. The lowest BCUT2D eigenvalue weighted by molar-refractivity contribution is 0.0113. The van der Waals surface area contributed by atoms with Gasteiger partial charge in [-0.25, -0.2) is 14.9 Å². The molecule has 0 aliphatic carbocycles. The van der Waals surface area contributed by atoms with Gasteiger partial charge in [0.1, 0.15) is 0 Å². The van der Waals surface area contributed by atoms with Crippen molar-refractivity contribution in [1.82, 2.24) is 15.1 Å². The Morgan fingerprint density at radius 2 is 2.14 bits per heavy atom. The zero-order valence-corrected chi connectivity index (χ0v) is 12.8. The molecule has 0 aliphatic rings. The quantitative estimate of drug-likeness (QED) is 0.837. The first-order valence-electron chi connectivity index (χ1n) is 6.68. The van der Waals surface area contributed by atoms with E-state index in [9.17, 15) is 9.59 Å². The molecule has 8 heteroatoms. The van der Waals surface area contributed by atoms with Gasteiger partial charge in [-0.3, -0.25) is 4.68 Å². The number of anilines is 1. The summed E-state index contributed by atoms with van der Waals surface area (Å²) in [6.07, 6.45) is 3.17. The summed E-state index contributed by atoms with van der Waals surface area (Å²) in [5.74, 6) is 0. The van der Waals surface area contributed by atoms with Crippen LogP contribution < -0.4 is 10.6 Å². The van der Waals surface area contributed by atoms with Gasteiger partial charge in [-0.1, -0.05) is 0 Å². The molecule has 0 spiro atoms. The van der Waals surface area contributed by atoms with E-state index in [2.05, 4.69) is 15.2 Å². The van der Waals surface area contributed by atoms with Gasteiger partial charge in [-0.05, 0) is 27.2 Å². The molecular weight excluding hydrogens is 276 g/mol. The van der Waals surface area contributed by atoms with E-state index in [4.69, 9.17) is 4.74 Å². The zero-order valence-electron chi connectivity index (χ0n) is 12.8. The van der Waals surface area contributed by atoms with E-state index in [0.717, 1.165) is 6.42 Å². The lowest BCUT2D eigenvalue weighted by atomic mass is 10.1. The van der Waals surface area contributed by atoms with E-state index < -0.39 is 12.1 Å². The molecule has 0 bridgehead atoms. The monoisotopic (exact) mass is 298 g/mol. The summed E-state index contributed by atoms with van der Waals surface area (Å²) in [5, 5.41) is 8.66. The number of alkyl carbamates (subject to hydrolysis) is 1. The van der Waals surface area contributed by atoms with Crippen molar-refractivity contribution in [3.05, 3.63) is 12.4 Å². The van der Waals surface area contributed by atoms with Crippen LogP contribution >= 0.6 is 0 Å². The third kappa shape index (κ3) is 6.26. The molecule has 118 valence electrons. The second kappa shape index (κ2) is 7.63. The minimum Gasteiger partial charge on any atom is -0.450 e. The van der Waals surface area contributed by atoms with Crippen molar-refractivity contribution in [1.29, 1.82) is 0 Å². The van der Waals surface area contributed by atoms with Gasteiger partial charge in [0.05, 0.1) is 24.1 Å². The third-order valence-electron chi connectivity index (χ3n) is 2.88. The third-order valence-corrected chi connectivity index (χ3v) is 2.88. The van der Waals surface area contributed by atoms with Gasteiger partial charge in [-0.15, -0.1) is 0 Å². The Labute approximate surface area is 123 Å². The number of methoxy groups -OCH3 is 1. The second-order valence-electron chi connectivity index (χ2n) is 5.01. The van der Waals surface area contributed by atoms with E-state index in [1.165, 1.54) is 6.20 Å². The Bertz CT molecular complexity index is 484. The van der Waals surface area contributed by atoms with Crippen LogP contribution in [0.25, 0.3) is 0 Å². The van der Waals surface area contributed by atoms with E-state index in [1.807, 2.05) is 19.2 Å². The number of aromatic nitrogens is 2. The van der Waals surface area contributed by atoms with Gasteiger partial charge in [0.25, 0.3) is 0 Å². The number of ether oxygens (including phenoxy) is 2. The summed E-state index contributed by atoms with van der Waals surface area (Å²) in [5.41, 5.74) is 0.257. The molecule has 1 aromatic heterocycles. The molecule has 0 saturated heterocycles. The first-order chi connectivity index (χ1) is 9.86. The van der Waals surface area contributed by atoms with Gasteiger partial charge in [0, 0.05) is 19.9 Å². The van der Waals surface area contributed by atoms with Crippen LogP contribution in [0.4, 0.5) is 15.3 Å². The maximum atomic E-state index is 11.5. The predicted molar refractivity (Wildman–Crippen MR) is 77.1 cm³/mol. The average molecular weight is 298 g/mol. The lowest BCUT2D eigenvalue weighted by Crippen LogP contribution is -2.34. The molecule has 0 saturated carbocycles. The summed E-state index contributed by atoms with van der Waals surface area (Å²) in [4.78, 5) is 22.6. The SMILES string of the molecule is CCOC(=O)NC(=O)Nc1cnn(CCC(C)(C)OC)c1. The van der Waals surface area contributed by atoms with Crippen molar-refractivity contribution >= 4 is 17.8 Å². The van der Waals surface area contributed by atoms with Gasteiger partial charge in [0.2, 0.25) is 0 Å². The Kier molecular flexibility index (Phi) is 6.16. The van der Waals surface area contributed by atoms with Crippen molar-refractivity contribution in [2.75, 3.05) is 19.0 Å². The highest BCUT2D eigenvalue weighted by Crippen LogP contribution is 2.14. The molecular formula is C13H22N4O4. The molecule has 1 aromatic rings. The van der Waals surface area contributed by atoms with Gasteiger partial charge in [-0.2, -0.15) is 5.10 Å². The number of amides is 3. The molecule has 1 heterocycles. The molecule has 0 atom stereocenters. The molecule has 0 radical (unpaired) electrons. The Balaban J connectivity index is 2.44. The maximum absolute atomic E-state index is 11.5. The number of carbonyl (C=O) groups excluding carboxylic acids is 2. The highest BCUT2D eigenvalue weighted by atomic mass is 16.5. The van der Waals surface area contributed by atoms with Crippen LogP contribution in [-0.4, -0.2) is 41.2 Å². The number of hydrogen-bond donors (Lipinski definition) is 2. The largest absolute Gasteiger partial charge is 0.450 e. The molecule has 8 nitrogen and oxygen atoms in total. The standard InChI is InChI=1S/C13H22N4O4/c1-5-21-12(19)16-11(18)15-10-8-14-17(9-10)7-6-13(2,3)20-4/h8-9H,5-7H2,1-4H3,(H2,15,16,18,19). The fourth-order valence-corrected chi connectivity index (χ4v) is 1.46. The Morgan fingerprint density at radius 3 is 2.76 bits per heavy atom. The smallest absolute Gasteiger partial charge is 0.415 e. The number of nitrogens with one attached hydrogen (secondary N) is 2. The molecule has 2 N–H and O–H groups in total. The van der Waals surface area contributed by atoms with Crippen molar-refractivity contribution in [2.24, 2.45) is 0 Å². The van der Waals surface area contributed by atoms with Crippen LogP contribution in [0, 0.1) is 0 Å². The molecule has 0 unspecified atom stereocenters. The number of nitrogens with zero attached hydrogens (tertiary/aromatic N) is 2. The van der Waals surface area contributed by atoms with Gasteiger partial charge >= 0.3 is 12.1 Å². The highest BCUT2D eigenvalue weighted by Gasteiger charge is 2.16. The average Bonchev–Trinajstić information content (AvgIpc) is 2.84. The number of hydrogen-bond acceptors (Lipinski definition) is 5. The maximum Gasteiger partial charge on any atom is 0.415 e. The van der Waals surface area contributed by atoms with Gasteiger partial charge < -0.3 is 14.8 Å². The van der Waals surface area contributed by atoms with Crippen molar-refractivity contribution in [2.45, 2.75) is 39.3 Å². The number of imide groups is 1. The van der Waals surface area contributed by atoms with E-state index >= 15 is 0 Å². The summed E-state index contributed by atoms with van der Waals surface area (Å²) in [7, 11) is 1.66. The van der Waals surface area contributed by atoms with Crippen LogP contribution in [0.5, 0.6) is 0 Å². The van der Waals surface area contributed by atoms with Crippen LogP contribution in [0.3, 0.4) is 0 Å². The predicted octanol–water partition coefficient (Wildman–Crippen LogP) is 1.98. The lowest BCUT2D eigenvalue weighted by Gasteiger charge is -2.22. The zero-order chi connectivity index (χ0) is 15.9. The van der Waals surface area contributed by atoms with Crippen LogP contribution in [0.15, 0.2) is 12.4 Å². The van der Waals surface area contributed by atoms with Gasteiger partial charge in [0.15, 0.2) is 0 Å². The summed E-state index contributed by atoms with van der Waals surface area (Å²) in [6, 6.07) is -0.662. The van der Waals surface area contributed by atoms with Crippen molar-refractivity contribution in [3.63, 3.8) is 0 Å². The second-order valence-corrected chi connectivity index (χ2v) is 5.01. The summed E-state index contributed by atoms with van der Waals surface area (Å²) >= 11 is 0. The summed E-state index contributed by atoms with van der Waals surface area (Å²) in [6.45, 7) is 6.49. The fourth-order valence-electron chi connectivity index (χ4n) is 1.46. The van der Waals surface area contributed by atoms with E-state index in [1.54, 1.807) is 24.9 Å². The molecule has 0 aliphatic heterocycles. The summed E-state index contributed by atoms with van der Waals surface area (Å²) < 4.78 is 11.6. The first kappa shape index (κ1) is 17.0. The van der Waals surface area contributed by atoms with Crippen LogP contribution in [0.1, 0.15) is 27.2 Å². The number of aryl methyl sites for hydroxylation is 1. The molecule has 0 aromatic carbocycles. The first-order valence-corrected chi connectivity index (χ1v) is 6.68. The number of carbonyl (C=O) groups is 2. The van der Waals surface area contributed by atoms with Crippen LogP contribution in [-0.2, 0) is 16.0 Å². The normalized spacial score (nSPS) is 11.0. The van der Waals surface area contributed by atoms with E-state index in [-0.39, 0.29) is 12.2 Å². The minimum atomic E-state index is -0.788. The number of urea groups is 1.